The zero-order chi connectivity index (χ0) is 20.4. The van der Waals surface area contributed by atoms with Crippen LogP contribution in [0.2, 0.25) is 0 Å². The molecule has 29 heavy (non-hydrogen) atoms. The van der Waals surface area contributed by atoms with E-state index in [1.807, 2.05) is 24.1 Å². The van der Waals surface area contributed by atoms with Crippen LogP contribution in [0.3, 0.4) is 0 Å². The Morgan fingerprint density at radius 3 is 2.59 bits per heavy atom. The van der Waals surface area contributed by atoms with Gasteiger partial charge in [-0.3, -0.25) is 14.5 Å². The average molecular weight is 393 g/mol. The number of benzene rings is 1. The number of hydrogen-bond donors (Lipinski definition) is 3. The molecule has 0 saturated carbocycles. The molecule has 0 bridgehead atoms. The van der Waals surface area contributed by atoms with Crippen LogP contribution in [-0.4, -0.2) is 68.6 Å². The molecule has 0 fully saturated rings. The minimum absolute atomic E-state index is 0.0708. The Labute approximate surface area is 168 Å². The summed E-state index contributed by atoms with van der Waals surface area (Å²) in [6.45, 7) is 1.76. The third-order valence-electron chi connectivity index (χ3n) is 5.02. The lowest BCUT2D eigenvalue weighted by atomic mass is 9.98. The normalized spacial score (nSPS) is 16.0. The number of hydrogen-bond acceptors (Lipinski definition) is 6. The monoisotopic (exact) mass is 393 g/mol. The van der Waals surface area contributed by atoms with Gasteiger partial charge in [0.25, 0.3) is 5.91 Å². The van der Waals surface area contributed by atoms with Crippen molar-refractivity contribution in [3.05, 3.63) is 54.5 Å². The Morgan fingerprint density at radius 2 is 1.90 bits per heavy atom. The average Bonchev–Trinajstić information content (AvgIpc) is 3.09. The van der Waals surface area contributed by atoms with Crippen molar-refractivity contribution in [2.24, 2.45) is 0 Å². The fourth-order valence-corrected chi connectivity index (χ4v) is 3.69. The largest absolute Gasteiger partial charge is 0.508 e. The van der Waals surface area contributed by atoms with Crippen LogP contribution in [0.25, 0.3) is 22.4 Å². The van der Waals surface area contributed by atoms with Crippen molar-refractivity contribution in [3.8, 4) is 28.1 Å². The van der Waals surface area contributed by atoms with Crippen LogP contribution in [-0.2, 0) is 6.54 Å². The fraction of sp³-hybridized carbons (Fsp3) is 0.286. The van der Waals surface area contributed by atoms with Crippen molar-refractivity contribution in [2.45, 2.75) is 12.6 Å². The number of phenols is 1. The number of rotatable bonds is 6. The van der Waals surface area contributed by atoms with Crippen molar-refractivity contribution in [2.75, 3.05) is 26.7 Å². The van der Waals surface area contributed by atoms with Gasteiger partial charge in [0.15, 0.2) is 0 Å². The number of phenolic OH excluding ortho intramolecular Hbond substituents is 1. The molecular formula is C21H23N5O3. The number of aromatic nitrogens is 3. The van der Waals surface area contributed by atoms with Gasteiger partial charge in [-0.15, -0.1) is 0 Å². The molecule has 3 N–H and O–H groups in total. The number of pyridine rings is 1. The van der Waals surface area contributed by atoms with Gasteiger partial charge < -0.3 is 20.4 Å². The topological polar surface area (TPSA) is 104 Å². The number of fused-ring (bicyclic) bond motifs is 1. The van der Waals surface area contributed by atoms with Crippen molar-refractivity contribution in [3.63, 3.8) is 0 Å². The second-order valence-corrected chi connectivity index (χ2v) is 7.19. The Hall–Kier alpha value is -3.23. The van der Waals surface area contributed by atoms with Crippen LogP contribution in [0.4, 0.5) is 0 Å². The number of aliphatic hydroxyl groups excluding tert-OH is 1. The molecule has 3 aromatic rings. The fourth-order valence-electron chi connectivity index (χ4n) is 3.69. The molecule has 1 atom stereocenters. The van der Waals surface area contributed by atoms with E-state index >= 15 is 0 Å². The molecule has 8 nitrogen and oxygen atoms in total. The number of amides is 1. The highest BCUT2D eigenvalue weighted by Crippen LogP contribution is 2.36. The Bertz CT molecular complexity index is 1000. The van der Waals surface area contributed by atoms with Crippen LogP contribution in [0.15, 0.2) is 48.8 Å². The summed E-state index contributed by atoms with van der Waals surface area (Å²) >= 11 is 0. The van der Waals surface area contributed by atoms with E-state index in [0.29, 0.717) is 31.0 Å². The maximum absolute atomic E-state index is 13.0. The minimum Gasteiger partial charge on any atom is -0.508 e. The number of carbonyl (C=O) groups excluding carboxylic acids is 1. The summed E-state index contributed by atoms with van der Waals surface area (Å²) in [6, 6.07) is 10.4. The number of carbonyl (C=O) groups is 1. The Kier molecular flexibility index (Phi) is 5.28. The van der Waals surface area contributed by atoms with E-state index in [-0.39, 0.29) is 24.3 Å². The maximum Gasteiger partial charge on any atom is 0.270 e. The molecule has 0 spiro atoms. The molecule has 2 aromatic heterocycles. The molecule has 0 aliphatic carbocycles. The van der Waals surface area contributed by atoms with Gasteiger partial charge in [0.1, 0.15) is 17.1 Å². The lowest BCUT2D eigenvalue weighted by molar-refractivity contribution is 0.0878. The van der Waals surface area contributed by atoms with E-state index in [9.17, 15) is 9.90 Å². The second kappa shape index (κ2) is 8.02. The summed E-state index contributed by atoms with van der Waals surface area (Å²) in [5.74, 6) is -0.0220. The molecule has 150 valence electrons. The van der Waals surface area contributed by atoms with Crippen LogP contribution in [0.5, 0.6) is 5.75 Å². The van der Waals surface area contributed by atoms with Crippen LogP contribution >= 0.6 is 0 Å². The quantitative estimate of drug-likeness (QED) is 0.584. The molecule has 1 amide bonds. The van der Waals surface area contributed by atoms with Crippen LogP contribution in [0.1, 0.15) is 10.5 Å². The first-order chi connectivity index (χ1) is 14.1. The predicted molar refractivity (Wildman–Crippen MR) is 108 cm³/mol. The Morgan fingerprint density at radius 1 is 1.17 bits per heavy atom. The standard InChI is InChI=1S/C21H23N5O3/c1-25(10-11-27)12-16-13-26-20(21(29)23-16)18(14-2-4-17(28)5-3-14)19(24-26)15-6-8-22-9-7-15/h2-9,16,27-28H,10-13H2,1H3,(H,23,29). The highest BCUT2D eigenvalue weighted by atomic mass is 16.3. The SMILES string of the molecule is CN(CCO)CC1Cn2nc(-c3ccncc3)c(-c3ccc(O)cc3)c2C(=O)N1. The highest BCUT2D eigenvalue weighted by molar-refractivity contribution is 6.03. The van der Waals surface area contributed by atoms with E-state index in [1.165, 1.54) is 0 Å². The minimum atomic E-state index is -0.186. The van der Waals surface area contributed by atoms with Gasteiger partial charge in [-0.25, -0.2) is 0 Å². The van der Waals surface area contributed by atoms with Gasteiger partial charge in [-0.1, -0.05) is 12.1 Å². The maximum atomic E-state index is 13.0. The summed E-state index contributed by atoms with van der Waals surface area (Å²) in [5, 5.41) is 26.6. The zero-order valence-corrected chi connectivity index (χ0v) is 16.1. The first-order valence-corrected chi connectivity index (χ1v) is 9.47. The van der Waals surface area contributed by atoms with Gasteiger partial charge in [-0.2, -0.15) is 5.10 Å². The van der Waals surface area contributed by atoms with Crippen molar-refractivity contribution >= 4 is 5.91 Å². The third kappa shape index (κ3) is 3.85. The van der Waals surface area contributed by atoms with Gasteiger partial charge in [0, 0.05) is 36.6 Å². The lowest BCUT2D eigenvalue weighted by Gasteiger charge is -2.28. The number of nitrogens with one attached hydrogen (secondary N) is 1. The number of aliphatic hydroxyl groups is 1. The van der Waals surface area contributed by atoms with Gasteiger partial charge >= 0.3 is 0 Å². The van der Waals surface area contributed by atoms with Gasteiger partial charge in [0.2, 0.25) is 0 Å². The first-order valence-electron chi connectivity index (χ1n) is 9.47. The molecule has 1 aliphatic rings. The van der Waals surface area contributed by atoms with Gasteiger partial charge in [0.05, 0.1) is 19.2 Å². The predicted octanol–water partition coefficient (Wildman–Crippen LogP) is 1.35. The summed E-state index contributed by atoms with van der Waals surface area (Å²) in [6.07, 6.45) is 3.39. The molecule has 1 unspecified atom stereocenters. The van der Waals surface area contributed by atoms with Crippen molar-refractivity contribution in [1.29, 1.82) is 0 Å². The molecule has 1 aromatic carbocycles. The molecule has 1 aliphatic heterocycles. The van der Waals surface area contributed by atoms with E-state index < -0.39 is 0 Å². The Balaban J connectivity index is 1.78. The van der Waals surface area contributed by atoms with Crippen molar-refractivity contribution in [1.82, 2.24) is 25.0 Å². The molecule has 3 heterocycles. The number of nitrogens with zero attached hydrogens (tertiary/aromatic N) is 4. The highest BCUT2D eigenvalue weighted by Gasteiger charge is 2.32. The van der Waals surface area contributed by atoms with E-state index in [0.717, 1.165) is 16.7 Å². The molecule has 0 radical (unpaired) electrons. The lowest BCUT2D eigenvalue weighted by Crippen LogP contribution is -2.50. The van der Waals surface area contributed by atoms with Crippen LogP contribution < -0.4 is 5.32 Å². The van der Waals surface area contributed by atoms with E-state index in [1.54, 1.807) is 41.3 Å². The summed E-state index contributed by atoms with van der Waals surface area (Å²) < 4.78 is 1.76. The van der Waals surface area contributed by atoms with Crippen LogP contribution in [0, 0.1) is 0 Å². The number of likely N-dealkylation sites (N-methyl/N-ethyl adjacent to an activating group) is 1. The van der Waals surface area contributed by atoms with Crippen molar-refractivity contribution < 1.29 is 15.0 Å². The van der Waals surface area contributed by atoms with E-state index in [4.69, 9.17) is 10.2 Å². The zero-order valence-electron chi connectivity index (χ0n) is 16.1. The second-order valence-electron chi connectivity index (χ2n) is 7.19. The summed E-state index contributed by atoms with van der Waals surface area (Å²) in [4.78, 5) is 19.1. The van der Waals surface area contributed by atoms with Gasteiger partial charge in [-0.05, 0) is 36.9 Å². The first kappa shape index (κ1) is 19.1. The van der Waals surface area contributed by atoms with E-state index in [2.05, 4.69) is 10.3 Å². The molecular weight excluding hydrogens is 370 g/mol. The molecule has 0 saturated heterocycles. The third-order valence-corrected chi connectivity index (χ3v) is 5.02. The number of aromatic hydroxyl groups is 1. The molecule has 4 rings (SSSR count). The summed E-state index contributed by atoms with van der Waals surface area (Å²) in [7, 11) is 1.91. The summed E-state index contributed by atoms with van der Waals surface area (Å²) in [5.41, 5.74) is 3.61. The molecule has 8 heteroatoms. The smallest absolute Gasteiger partial charge is 0.270 e.